The zero-order valence-corrected chi connectivity index (χ0v) is 13.1. The second kappa shape index (κ2) is 6.73. The van der Waals surface area contributed by atoms with Crippen molar-refractivity contribution in [3.05, 3.63) is 15.4 Å². The van der Waals surface area contributed by atoms with E-state index >= 15 is 0 Å². The Labute approximate surface area is 116 Å². The summed E-state index contributed by atoms with van der Waals surface area (Å²) in [6.45, 7) is 7.63. The predicted octanol–water partition coefficient (Wildman–Crippen LogP) is 3.11. The molecule has 5 heteroatoms. The summed E-state index contributed by atoms with van der Waals surface area (Å²) in [6, 6.07) is 2.50. The Morgan fingerprint density at radius 1 is 1.47 bits per heavy atom. The molecule has 0 saturated carbocycles. The summed E-state index contributed by atoms with van der Waals surface area (Å²) in [6.07, 6.45) is -0.303. The molecule has 17 heavy (non-hydrogen) atoms. The SMILES string of the molecule is COc1sc(CN(CC(C)O)C(C)C)cc1Br. The van der Waals surface area contributed by atoms with E-state index in [-0.39, 0.29) is 6.10 Å². The lowest BCUT2D eigenvalue weighted by Crippen LogP contribution is -2.35. The van der Waals surface area contributed by atoms with Crippen LogP contribution >= 0.6 is 27.3 Å². The Bertz CT molecular complexity index is 352. The Balaban J connectivity index is 2.71. The van der Waals surface area contributed by atoms with Crippen LogP contribution in [0.3, 0.4) is 0 Å². The number of hydrogen-bond donors (Lipinski definition) is 1. The summed E-state index contributed by atoms with van der Waals surface area (Å²) in [5.74, 6) is 0. The molecule has 0 fully saturated rings. The van der Waals surface area contributed by atoms with Gasteiger partial charge in [0.2, 0.25) is 0 Å². The van der Waals surface area contributed by atoms with Crippen molar-refractivity contribution in [3.63, 3.8) is 0 Å². The standard InChI is InChI=1S/C12H20BrNO2S/c1-8(2)14(6-9(3)15)7-10-5-11(13)12(16-4)17-10/h5,8-9,15H,6-7H2,1-4H3. The summed E-state index contributed by atoms with van der Waals surface area (Å²) in [5.41, 5.74) is 0. The van der Waals surface area contributed by atoms with E-state index in [0.717, 1.165) is 16.1 Å². The molecule has 0 aliphatic rings. The van der Waals surface area contributed by atoms with Crippen LogP contribution in [0.5, 0.6) is 5.06 Å². The highest BCUT2D eigenvalue weighted by atomic mass is 79.9. The van der Waals surface area contributed by atoms with Crippen LogP contribution in [0.2, 0.25) is 0 Å². The molecular formula is C12H20BrNO2S. The van der Waals surface area contributed by atoms with Gasteiger partial charge in [0, 0.05) is 24.0 Å². The van der Waals surface area contributed by atoms with Crippen molar-refractivity contribution in [1.29, 1.82) is 0 Å². The first-order valence-electron chi connectivity index (χ1n) is 5.68. The molecule has 0 aliphatic carbocycles. The molecule has 3 nitrogen and oxygen atoms in total. The van der Waals surface area contributed by atoms with Crippen molar-refractivity contribution in [2.45, 2.75) is 39.5 Å². The molecule has 1 unspecified atom stereocenters. The third-order valence-corrected chi connectivity index (χ3v) is 4.41. The van der Waals surface area contributed by atoms with E-state index < -0.39 is 0 Å². The third-order valence-electron chi connectivity index (χ3n) is 2.48. The van der Waals surface area contributed by atoms with E-state index in [1.807, 2.05) is 6.92 Å². The van der Waals surface area contributed by atoms with Crippen LogP contribution < -0.4 is 4.74 Å². The average Bonchev–Trinajstić information content (AvgIpc) is 2.57. The predicted molar refractivity (Wildman–Crippen MR) is 75.8 cm³/mol. The average molecular weight is 322 g/mol. The Morgan fingerprint density at radius 2 is 2.12 bits per heavy atom. The first-order valence-corrected chi connectivity index (χ1v) is 7.29. The van der Waals surface area contributed by atoms with Crippen LogP contribution in [0.15, 0.2) is 10.5 Å². The fourth-order valence-electron chi connectivity index (χ4n) is 1.61. The van der Waals surface area contributed by atoms with E-state index in [9.17, 15) is 5.11 Å². The third kappa shape index (κ3) is 4.58. The molecule has 0 amide bonds. The molecule has 98 valence electrons. The zero-order valence-electron chi connectivity index (χ0n) is 10.7. The maximum atomic E-state index is 9.48. The monoisotopic (exact) mass is 321 g/mol. The van der Waals surface area contributed by atoms with Gasteiger partial charge in [0.1, 0.15) is 0 Å². The van der Waals surface area contributed by atoms with Crippen molar-refractivity contribution < 1.29 is 9.84 Å². The van der Waals surface area contributed by atoms with Gasteiger partial charge in [-0.1, -0.05) is 0 Å². The molecule has 0 saturated heterocycles. The van der Waals surface area contributed by atoms with Crippen LogP contribution in [0, 0.1) is 0 Å². The minimum absolute atomic E-state index is 0.303. The van der Waals surface area contributed by atoms with Crippen LogP contribution in [0.1, 0.15) is 25.6 Å². The Hall–Kier alpha value is -0.100. The smallest absolute Gasteiger partial charge is 0.188 e. The van der Waals surface area contributed by atoms with Crippen molar-refractivity contribution in [3.8, 4) is 5.06 Å². The number of hydrogen-bond acceptors (Lipinski definition) is 4. The summed E-state index contributed by atoms with van der Waals surface area (Å²) in [7, 11) is 1.68. The summed E-state index contributed by atoms with van der Waals surface area (Å²) >= 11 is 5.11. The van der Waals surface area contributed by atoms with Gasteiger partial charge in [0.05, 0.1) is 17.7 Å². The second-order valence-electron chi connectivity index (χ2n) is 4.42. The van der Waals surface area contributed by atoms with Gasteiger partial charge >= 0.3 is 0 Å². The highest BCUT2D eigenvalue weighted by Crippen LogP contribution is 2.35. The van der Waals surface area contributed by atoms with Gasteiger partial charge in [-0.05, 0) is 42.8 Å². The van der Waals surface area contributed by atoms with E-state index in [1.54, 1.807) is 18.4 Å². The first-order chi connectivity index (χ1) is 7.93. The molecule has 0 bridgehead atoms. The number of ether oxygens (including phenoxy) is 1. The molecule has 1 heterocycles. The fraction of sp³-hybridized carbons (Fsp3) is 0.667. The molecule has 1 atom stereocenters. The van der Waals surface area contributed by atoms with Gasteiger partial charge in [0.15, 0.2) is 5.06 Å². The van der Waals surface area contributed by atoms with Crippen molar-refractivity contribution in [2.75, 3.05) is 13.7 Å². The van der Waals surface area contributed by atoms with Gasteiger partial charge in [-0.15, -0.1) is 11.3 Å². The Morgan fingerprint density at radius 3 is 2.53 bits per heavy atom. The van der Waals surface area contributed by atoms with Crippen molar-refractivity contribution in [1.82, 2.24) is 4.90 Å². The second-order valence-corrected chi connectivity index (χ2v) is 6.38. The van der Waals surface area contributed by atoms with Gasteiger partial charge in [-0.2, -0.15) is 0 Å². The number of aliphatic hydroxyl groups is 1. The molecule has 1 N–H and O–H groups in total. The number of rotatable bonds is 6. The summed E-state index contributed by atoms with van der Waals surface area (Å²) in [5, 5.41) is 10.4. The maximum Gasteiger partial charge on any atom is 0.188 e. The lowest BCUT2D eigenvalue weighted by Gasteiger charge is -2.27. The molecule has 0 aliphatic heterocycles. The van der Waals surface area contributed by atoms with E-state index in [0.29, 0.717) is 12.6 Å². The molecule has 1 rings (SSSR count). The number of methoxy groups -OCH3 is 1. The molecule has 0 aromatic carbocycles. The van der Waals surface area contributed by atoms with E-state index in [2.05, 4.69) is 40.7 Å². The summed E-state index contributed by atoms with van der Waals surface area (Å²) < 4.78 is 6.25. The van der Waals surface area contributed by atoms with Crippen molar-refractivity contribution in [2.24, 2.45) is 0 Å². The topological polar surface area (TPSA) is 32.7 Å². The summed E-state index contributed by atoms with van der Waals surface area (Å²) in [4.78, 5) is 3.49. The largest absolute Gasteiger partial charge is 0.486 e. The number of thiophene rings is 1. The number of nitrogens with zero attached hydrogens (tertiary/aromatic N) is 1. The van der Waals surface area contributed by atoms with Gasteiger partial charge in [-0.3, -0.25) is 4.90 Å². The molecule has 1 aromatic heterocycles. The fourth-order valence-corrected chi connectivity index (χ4v) is 3.33. The van der Waals surface area contributed by atoms with Crippen LogP contribution in [0.4, 0.5) is 0 Å². The van der Waals surface area contributed by atoms with E-state index in [1.165, 1.54) is 4.88 Å². The lowest BCUT2D eigenvalue weighted by molar-refractivity contribution is 0.103. The highest BCUT2D eigenvalue weighted by molar-refractivity contribution is 9.10. The van der Waals surface area contributed by atoms with Crippen LogP contribution in [-0.4, -0.2) is 35.8 Å². The van der Waals surface area contributed by atoms with Gasteiger partial charge in [-0.25, -0.2) is 0 Å². The molecular weight excluding hydrogens is 302 g/mol. The van der Waals surface area contributed by atoms with E-state index in [4.69, 9.17) is 4.74 Å². The zero-order chi connectivity index (χ0) is 13.0. The first kappa shape index (κ1) is 15.0. The lowest BCUT2D eigenvalue weighted by atomic mass is 10.2. The van der Waals surface area contributed by atoms with Gasteiger partial charge < -0.3 is 9.84 Å². The normalized spacial score (nSPS) is 13.4. The Kier molecular flexibility index (Phi) is 5.92. The molecule has 0 spiro atoms. The maximum absolute atomic E-state index is 9.48. The molecule has 1 aromatic rings. The highest BCUT2D eigenvalue weighted by Gasteiger charge is 2.15. The number of aliphatic hydroxyl groups excluding tert-OH is 1. The minimum Gasteiger partial charge on any atom is -0.486 e. The minimum atomic E-state index is -0.303. The van der Waals surface area contributed by atoms with Gasteiger partial charge in [0.25, 0.3) is 0 Å². The molecule has 0 radical (unpaired) electrons. The van der Waals surface area contributed by atoms with Crippen LogP contribution in [-0.2, 0) is 6.54 Å². The van der Waals surface area contributed by atoms with Crippen LogP contribution in [0.25, 0.3) is 0 Å². The number of halogens is 1. The van der Waals surface area contributed by atoms with Crippen molar-refractivity contribution >= 4 is 27.3 Å². The quantitative estimate of drug-likeness (QED) is 0.873.